The predicted molar refractivity (Wildman–Crippen MR) is 62.5 cm³/mol. The van der Waals surface area contributed by atoms with Gasteiger partial charge in [-0.05, 0) is 38.9 Å². The van der Waals surface area contributed by atoms with E-state index in [1.807, 2.05) is 0 Å². The molecule has 0 radical (unpaired) electrons. The van der Waals surface area contributed by atoms with Crippen LogP contribution in [-0.2, 0) is 4.79 Å². The minimum absolute atomic E-state index is 0.284. The number of rotatable bonds is 4. The predicted octanol–water partition coefficient (Wildman–Crippen LogP) is 1.02. The zero-order valence-electron chi connectivity index (χ0n) is 9.90. The molecule has 1 atom stereocenters. The summed E-state index contributed by atoms with van der Waals surface area (Å²) in [6.45, 7) is 5.37. The molecule has 0 spiro atoms. The molecule has 0 bridgehead atoms. The Kier molecular flexibility index (Phi) is 4.18. The quantitative estimate of drug-likeness (QED) is 0.777. The number of likely N-dealkylation sites (tertiary alicyclic amines) is 2. The van der Waals surface area contributed by atoms with Gasteiger partial charge in [-0.25, -0.2) is 0 Å². The van der Waals surface area contributed by atoms with E-state index in [0.717, 1.165) is 19.6 Å². The first-order chi connectivity index (χ1) is 7.75. The summed E-state index contributed by atoms with van der Waals surface area (Å²) in [5.74, 6) is -0.679. The molecular weight excluding hydrogens is 204 g/mol. The molecule has 92 valence electrons. The highest BCUT2D eigenvalue weighted by atomic mass is 16.4. The van der Waals surface area contributed by atoms with Crippen LogP contribution in [0.3, 0.4) is 0 Å². The van der Waals surface area contributed by atoms with Gasteiger partial charge in [0.05, 0.1) is 6.42 Å². The van der Waals surface area contributed by atoms with Crippen LogP contribution in [0.25, 0.3) is 0 Å². The molecule has 2 rings (SSSR count). The minimum Gasteiger partial charge on any atom is -0.481 e. The van der Waals surface area contributed by atoms with Gasteiger partial charge in [-0.1, -0.05) is 6.42 Å². The van der Waals surface area contributed by atoms with E-state index in [2.05, 4.69) is 9.80 Å². The standard InChI is InChI=1S/C12H22N2O2/c15-12(16)5-9-13-8-4-11(10-13)14-6-2-1-3-7-14/h11H,1-10H2,(H,15,16). The summed E-state index contributed by atoms with van der Waals surface area (Å²) >= 11 is 0. The van der Waals surface area contributed by atoms with Crippen LogP contribution in [0.2, 0.25) is 0 Å². The molecule has 2 aliphatic heterocycles. The molecule has 0 aromatic heterocycles. The maximum atomic E-state index is 10.5. The first-order valence-corrected chi connectivity index (χ1v) is 6.44. The van der Waals surface area contributed by atoms with Crippen molar-refractivity contribution in [3.05, 3.63) is 0 Å². The van der Waals surface area contributed by atoms with Gasteiger partial charge in [-0.15, -0.1) is 0 Å². The number of carbonyl (C=O) groups is 1. The molecular formula is C12H22N2O2. The second-order valence-electron chi connectivity index (χ2n) is 4.98. The van der Waals surface area contributed by atoms with Crippen LogP contribution in [0.1, 0.15) is 32.1 Å². The number of hydrogen-bond donors (Lipinski definition) is 1. The summed E-state index contributed by atoms with van der Waals surface area (Å²) in [7, 11) is 0. The average Bonchev–Trinajstić information content (AvgIpc) is 2.76. The average molecular weight is 226 g/mol. The lowest BCUT2D eigenvalue weighted by Crippen LogP contribution is -2.41. The second-order valence-corrected chi connectivity index (χ2v) is 4.98. The molecule has 0 aliphatic carbocycles. The third kappa shape index (κ3) is 3.19. The zero-order valence-corrected chi connectivity index (χ0v) is 9.90. The van der Waals surface area contributed by atoms with Gasteiger partial charge < -0.3 is 10.0 Å². The molecule has 2 heterocycles. The summed E-state index contributed by atoms with van der Waals surface area (Å²) < 4.78 is 0. The normalized spacial score (nSPS) is 28.4. The molecule has 4 nitrogen and oxygen atoms in total. The van der Waals surface area contributed by atoms with Crippen molar-refractivity contribution in [1.29, 1.82) is 0 Å². The first-order valence-electron chi connectivity index (χ1n) is 6.44. The van der Waals surface area contributed by atoms with Crippen LogP contribution in [0.5, 0.6) is 0 Å². The third-order valence-electron chi connectivity index (χ3n) is 3.80. The number of carboxylic acids is 1. The maximum absolute atomic E-state index is 10.5. The smallest absolute Gasteiger partial charge is 0.304 e. The van der Waals surface area contributed by atoms with Crippen molar-refractivity contribution in [2.45, 2.75) is 38.1 Å². The summed E-state index contributed by atoms with van der Waals surface area (Å²) in [6.07, 6.45) is 5.57. The van der Waals surface area contributed by atoms with E-state index in [0.29, 0.717) is 6.04 Å². The van der Waals surface area contributed by atoms with Gasteiger partial charge in [0.25, 0.3) is 0 Å². The van der Waals surface area contributed by atoms with E-state index in [4.69, 9.17) is 5.11 Å². The Hall–Kier alpha value is -0.610. The molecule has 0 amide bonds. The monoisotopic (exact) mass is 226 g/mol. The number of aliphatic carboxylic acids is 1. The molecule has 1 unspecified atom stereocenters. The van der Waals surface area contributed by atoms with Crippen molar-refractivity contribution in [1.82, 2.24) is 9.80 Å². The van der Waals surface area contributed by atoms with E-state index in [-0.39, 0.29) is 6.42 Å². The van der Waals surface area contributed by atoms with E-state index in [9.17, 15) is 4.79 Å². The number of carboxylic acid groups (broad SMARTS) is 1. The van der Waals surface area contributed by atoms with Gasteiger partial charge in [0, 0.05) is 19.1 Å². The van der Waals surface area contributed by atoms with Gasteiger partial charge in [-0.3, -0.25) is 9.69 Å². The fourth-order valence-corrected chi connectivity index (χ4v) is 2.85. The molecule has 1 N–H and O–H groups in total. The number of hydrogen-bond acceptors (Lipinski definition) is 3. The summed E-state index contributed by atoms with van der Waals surface area (Å²) in [6, 6.07) is 0.689. The van der Waals surface area contributed by atoms with Crippen molar-refractivity contribution in [3.8, 4) is 0 Å². The second kappa shape index (κ2) is 5.64. The molecule has 0 aromatic rings. The van der Waals surface area contributed by atoms with Crippen molar-refractivity contribution >= 4 is 5.97 Å². The SMILES string of the molecule is O=C(O)CCN1CCC(N2CCCCC2)C1. The lowest BCUT2D eigenvalue weighted by atomic mass is 10.1. The molecule has 4 heteroatoms. The maximum Gasteiger partial charge on any atom is 0.304 e. The van der Waals surface area contributed by atoms with E-state index in [1.165, 1.54) is 38.8 Å². The van der Waals surface area contributed by atoms with Gasteiger partial charge in [0.15, 0.2) is 0 Å². The Balaban J connectivity index is 1.72. The van der Waals surface area contributed by atoms with Crippen LogP contribution < -0.4 is 0 Å². The lowest BCUT2D eigenvalue weighted by molar-refractivity contribution is -0.137. The largest absolute Gasteiger partial charge is 0.481 e. The highest BCUT2D eigenvalue weighted by Gasteiger charge is 2.28. The molecule has 2 aliphatic rings. The lowest BCUT2D eigenvalue weighted by Gasteiger charge is -2.32. The summed E-state index contributed by atoms with van der Waals surface area (Å²) in [5.41, 5.74) is 0. The third-order valence-corrected chi connectivity index (χ3v) is 3.80. The highest BCUT2D eigenvalue weighted by Crippen LogP contribution is 2.20. The Labute approximate surface area is 97.2 Å². The van der Waals surface area contributed by atoms with Crippen LogP contribution in [0, 0.1) is 0 Å². The van der Waals surface area contributed by atoms with E-state index >= 15 is 0 Å². The first kappa shape index (κ1) is 11.9. The van der Waals surface area contributed by atoms with Gasteiger partial charge in [0.2, 0.25) is 0 Å². The van der Waals surface area contributed by atoms with Crippen LogP contribution in [0.4, 0.5) is 0 Å². The Bertz CT molecular complexity index is 239. The fourth-order valence-electron chi connectivity index (χ4n) is 2.85. The zero-order chi connectivity index (χ0) is 11.4. The fraction of sp³-hybridized carbons (Fsp3) is 0.917. The molecule has 0 saturated carbocycles. The summed E-state index contributed by atoms with van der Waals surface area (Å²) in [4.78, 5) is 15.4. The number of nitrogens with zero attached hydrogens (tertiary/aromatic N) is 2. The van der Waals surface area contributed by atoms with Crippen LogP contribution in [-0.4, -0.2) is 59.6 Å². The van der Waals surface area contributed by atoms with Crippen molar-refractivity contribution in [2.75, 3.05) is 32.7 Å². The van der Waals surface area contributed by atoms with Gasteiger partial charge in [0.1, 0.15) is 0 Å². The van der Waals surface area contributed by atoms with Crippen LogP contribution >= 0.6 is 0 Å². The van der Waals surface area contributed by atoms with Crippen LogP contribution in [0.15, 0.2) is 0 Å². The Morgan fingerprint density at radius 2 is 1.94 bits per heavy atom. The van der Waals surface area contributed by atoms with Gasteiger partial charge in [-0.2, -0.15) is 0 Å². The number of piperidine rings is 1. The Morgan fingerprint density at radius 1 is 1.19 bits per heavy atom. The molecule has 2 saturated heterocycles. The topological polar surface area (TPSA) is 43.8 Å². The molecule has 0 aromatic carbocycles. The van der Waals surface area contributed by atoms with E-state index < -0.39 is 5.97 Å². The Morgan fingerprint density at radius 3 is 2.62 bits per heavy atom. The van der Waals surface area contributed by atoms with Crippen molar-refractivity contribution in [2.24, 2.45) is 0 Å². The highest BCUT2D eigenvalue weighted by molar-refractivity contribution is 5.66. The van der Waals surface area contributed by atoms with Crippen molar-refractivity contribution in [3.63, 3.8) is 0 Å². The summed E-state index contributed by atoms with van der Waals surface area (Å²) in [5, 5.41) is 8.65. The minimum atomic E-state index is -0.679. The molecule has 2 fully saturated rings. The van der Waals surface area contributed by atoms with E-state index in [1.54, 1.807) is 0 Å². The van der Waals surface area contributed by atoms with Crippen molar-refractivity contribution < 1.29 is 9.90 Å². The van der Waals surface area contributed by atoms with Gasteiger partial charge >= 0.3 is 5.97 Å². The molecule has 16 heavy (non-hydrogen) atoms.